The summed E-state index contributed by atoms with van der Waals surface area (Å²) < 4.78 is 11.0. The second kappa shape index (κ2) is 6.61. The van der Waals surface area contributed by atoms with E-state index in [2.05, 4.69) is 4.90 Å². The predicted octanol–water partition coefficient (Wildman–Crippen LogP) is 1.53. The van der Waals surface area contributed by atoms with Crippen LogP contribution in [0.4, 0.5) is 0 Å². The van der Waals surface area contributed by atoms with Gasteiger partial charge in [0.25, 0.3) is 0 Å². The van der Waals surface area contributed by atoms with Gasteiger partial charge in [0.05, 0.1) is 13.7 Å². The smallest absolute Gasteiger partial charge is 0.161 e. The molecule has 0 bridgehead atoms. The number of para-hydroxylation sites is 2. The molecule has 0 spiro atoms. The van der Waals surface area contributed by atoms with Gasteiger partial charge < -0.3 is 14.6 Å². The van der Waals surface area contributed by atoms with Gasteiger partial charge in [-0.2, -0.15) is 0 Å². The Hall–Kier alpha value is -1.26. The molecule has 0 amide bonds. The van der Waals surface area contributed by atoms with Crippen molar-refractivity contribution in [3.05, 3.63) is 24.3 Å². The summed E-state index contributed by atoms with van der Waals surface area (Å²) in [4.78, 5) is 2.29. The Balaban J connectivity index is 1.81. The molecule has 1 aromatic rings. The number of aliphatic hydroxyl groups excluding tert-OH is 1. The lowest BCUT2D eigenvalue weighted by Gasteiger charge is -2.22. The van der Waals surface area contributed by atoms with Gasteiger partial charge in [0.1, 0.15) is 6.61 Å². The van der Waals surface area contributed by atoms with E-state index in [1.165, 1.54) is 6.42 Å². The number of rotatable bonds is 6. The molecule has 0 aromatic heterocycles. The molecule has 1 heterocycles. The first-order valence-electron chi connectivity index (χ1n) is 6.46. The number of nitrogens with zero attached hydrogens (tertiary/aromatic N) is 1. The van der Waals surface area contributed by atoms with Crippen LogP contribution in [0.25, 0.3) is 0 Å². The first-order valence-corrected chi connectivity index (χ1v) is 6.46. The molecule has 1 aromatic carbocycles. The molecule has 4 nitrogen and oxygen atoms in total. The van der Waals surface area contributed by atoms with Gasteiger partial charge in [-0.3, -0.25) is 4.90 Å². The Morgan fingerprint density at radius 2 is 2.11 bits per heavy atom. The van der Waals surface area contributed by atoms with Gasteiger partial charge in [0.15, 0.2) is 11.5 Å². The fraction of sp³-hybridized carbons (Fsp3) is 0.571. The van der Waals surface area contributed by atoms with Crippen LogP contribution in [0.2, 0.25) is 0 Å². The molecule has 0 radical (unpaired) electrons. The van der Waals surface area contributed by atoms with Crippen molar-refractivity contribution in [2.75, 3.05) is 33.4 Å². The first kappa shape index (κ1) is 13.2. The lowest BCUT2D eigenvalue weighted by atomic mass is 10.2. The average Bonchev–Trinajstić information content (AvgIpc) is 2.87. The van der Waals surface area contributed by atoms with E-state index in [1.54, 1.807) is 7.11 Å². The highest BCUT2D eigenvalue weighted by molar-refractivity contribution is 5.39. The number of ether oxygens (including phenoxy) is 2. The van der Waals surface area contributed by atoms with Crippen molar-refractivity contribution in [3.8, 4) is 11.5 Å². The second-order valence-corrected chi connectivity index (χ2v) is 4.51. The highest BCUT2D eigenvalue weighted by Gasteiger charge is 2.23. The number of aliphatic hydroxyl groups is 1. The molecule has 18 heavy (non-hydrogen) atoms. The molecule has 1 aliphatic heterocycles. The summed E-state index contributed by atoms with van der Waals surface area (Å²) in [6, 6.07) is 7.97. The zero-order valence-corrected chi connectivity index (χ0v) is 10.8. The van der Waals surface area contributed by atoms with Gasteiger partial charge >= 0.3 is 0 Å². The molecule has 1 fully saturated rings. The Bertz CT molecular complexity index is 370. The third-order valence-corrected chi connectivity index (χ3v) is 3.41. The SMILES string of the molecule is COc1ccccc1OCCN1CCCC1CO. The first-order chi connectivity index (χ1) is 8.85. The molecule has 0 saturated carbocycles. The highest BCUT2D eigenvalue weighted by Crippen LogP contribution is 2.25. The summed E-state index contributed by atoms with van der Waals surface area (Å²) in [5, 5.41) is 9.23. The van der Waals surface area contributed by atoms with Crippen molar-refractivity contribution in [1.29, 1.82) is 0 Å². The molecule has 1 unspecified atom stereocenters. The van der Waals surface area contributed by atoms with Crippen molar-refractivity contribution in [3.63, 3.8) is 0 Å². The molecule has 2 rings (SSSR count). The molecule has 1 N–H and O–H groups in total. The standard InChI is InChI=1S/C14H21NO3/c1-17-13-6-2-3-7-14(13)18-10-9-15-8-4-5-12(15)11-16/h2-3,6-7,12,16H,4-5,8-11H2,1H3. The molecule has 4 heteroatoms. The van der Waals surface area contributed by atoms with Crippen LogP contribution in [0.3, 0.4) is 0 Å². The summed E-state index contributed by atoms with van der Waals surface area (Å²) in [6.45, 7) is 2.77. The number of methoxy groups -OCH3 is 1. The summed E-state index contributed by atoms with van der Waals surface area (Å²) in [5.41, 5.74) is 0. The van der Waals surface area contributed by atoms with Crippen molar-refractivity contribution in [2.24, 2.45) is 0 Å². The predicted molar refractivity (Wildman–Crippen MR) is 70.2 cm³/mol. The van der Waals surface area contributed by atoms with Gasteiger partial charge in [-0.05, 0) is 31.5 Å². The minimum atomic E-state index is 0.245. The lowest BCUT2D eigenvalue weighted by molar-refractivity contribution is 0.138. The Kier molecular flexibility index (Phi) is 4.84. The number of hydrogen-bond acceptors (Lipinski definition) is 4. The van der Waals surface area contributed by atoms with E-state index >= 15 is 0 Å². The van der Waals surface area contributed by atoms with Gasteiger partial charge in [-0.15, -0.1) is 0 Å². The van der Waals surface area contributed by atoms with Gasteiger partial charge in [-0.1, -0.05) is 12.1 Å². The van der Waals surface area contributed by atoms with Crippen molar-refractivity contribution in [1.82, 2.24) is 4.90 Å². The van der Waals surface area contributed by atoms with Crippen LogP contribution < -0.4 is 9.47 Å². The maximum atomic E-state index is 9.23. The lowest BCUT2D eigenvalue weighted by Crippen LogP contribution is -2.35. The average molecular weight is 251 g/mol. The molecule has 1 atom stereocenters. The van der Waals surface area contributed by atoms with Crippen LogP contribution in [0, 0.1) is 0 Å². The number of benzene rings is 1. The quantitative estimate of drug-likeness (QED) is 0.832. The maximum Gasteiger partial charge on any atom is 0.161 e. The zero-order valence-electron chi connectivity index (χ0n) is 10.8. The van der Waals surface area contributed by atoms with Crippen LogP contribution in [-0.4, -0.2) is 49.5 Å². The van der Waals surface area contributed by atoms with E-state index in [0.717, 1.165) is 31.0 Å². The van der Waals surface area contributed by atoms with E-state index in [0.29, 0.717) is 12.6 Å². The van der Waals surface area contributed by atoms with Gasteiger partial charge in [0, 0.05) is 12.6 Å². The summed E-state index contributed by atoms with van der Waals surface area (Å²) in [5.74, 6) is 1.54. The van der Waals surface area contributed by atoms with Gasteiger partial charge in [0.2, 0.25) is 0 Å². The molecule has 100 valence electrons. The van der Waals surface area contributed by atoms with E-state index in [1.807, 2.05) is 24.3 Å². The Labute approximate surface area is 108 Å². The van der Waals surface area contributed by atoms with E-state index in [9.17, 15) is 5.11 Å². The van der Waals surface area contributed by atoms with E-state index < -0.39 is 0 Å². The fourth-order valence-electron chi connectivity index (χ4n) is 2.41. The summed E-state index contributed by atoms with van der Waals surface area (Å²) in [7, 11) is 1.64. The molecular formula is C14H21NO3. The maximum absolute atomic E-state index is 9.23. The Morgan fingerprint density at radius 1 is 1.33 bits per heavy atom. The molecule has 1 aliphatic rings. The van der Waals surface area contributed by atoms with Crippen LogP contribution in [0.15, 0.2) is 24.3 Å². The van der Waals surface area contributed by atoms with Crippen LogP contribution >= 0.6 is 0 Å². The van der Waals surface area contributed by atoms with E-state index in [-0.39, 0.29) is 6.61 Å². The number of hydrogen-bond donors (Lipinski definition) is 1. The normalized spacial score (nSPS) is 20.0. The van der Waals surface area contributed by atoms with E-state index in [4.69, 9.17) is 9.47 Å². The van der Waals surface area contributed by atoms with Crippen molar-refractivity contribution < 1.29 is 14.6 Å². The monoisotopic (exact) mass is 251 g/mol. The summed E-state index contributed by atoms with van der Waals surface area (Å²) in [6.07, 6.45) is 2.26. The largest absolute Gasteiger partial charge is 0.493 e. The third-order valence-electron chi connectivity index (χ3n) is 3.41. The topological polar surface area (TPSA) is 41.9 Å². The van der Waals surface area contributed by atoms with Gasteiger partial charge in [-0.25, -0.2) is 0 Å². The Morgan fingerprint density at radius 3 is 2.83 bits per heavy atom. The number of likely N-dealkylation sites (tertiary alicyclic amines) is 1. The summed E-state index contributed by atoms with van der Waals surface area (Å²) >= 11 is 0. The fourth-order valence-corrected chi connectivity index (χ4v) is 2.41. The van der Waals surface area contributed by atoms with Crippen LogP contribution in [-0.2, 0) is 0 Å². The molecule has 0 aliphatic carbocycles. The van der Waals surface area contributed by atoms with Crippen molar-refractivity contribution in [2.45, 2.75) is 18.9 Å². The second-order valence-electron chi connectivity index (χ2n) is 4.51. The highest BCUT2D eigenvalue weighted by atomic mass is 16.5. The molecular weight excluding hydrogens is 230 g/mol. The van der Waals surface area contributed by atoms with Crippen LogP contribution in [0.5, 0.6) is 11.5 Å². The zero-order chi connectivity index (χ0) is 12.8. The third kappa shape index (κ3) is 3.15. The van der Waals surface area contributed by atoms with Crippen LogP contribution in [0.1, 0.15) is 12.8 Å². The molecule has 1 saturated heterocycles. The minimum Gasteiger partial charge on any atom is -0.493 e. The van der Waals surface area contributed by atoms with Crippen molar-refractivity contribution >= 4 is 0 Å². The minimum absolute atomic E-state index is 0.245.